The highest BCUT2D eigenvalue weighted by Crippen LogP contribution is 2.56. The average Bonchev–Trinajstić information content (AvgIpc) is 3.72. The van der Waals surface area contributed by atoms with E-state index in [2.05, 4.69) is 10.3 Å². The van der Waals surface area contributed by atoms with Crippen LogP contribution in [0.3, 0.4) is 0 Å². The van der Waals surface area contributed by atoms with Gasteiger partial charge in [0.25, 0.3) is 0 Å². The summed E-state index contributed by atoms with van der Waals surface area (Å²) in [7, 11) is 2.95. The number of aromatic hydroxyl groups is 1. The molecule has 1 fully saturated rings. The molecular weight excluding hydrogens is 502 g/mol. The summed E-state index contributed by atoms with van der Waals surface area (Å²) in [5.74, 6) is 0.0801. The third-order valence-electron chi connectivity index (χ3n) is 7.92. The van der Waals surface area contributed by atoms with E-state index in [1.54, 1.807) is 18.3 Å². The minimum Gasteiger partial charge on any atom is -0.502 e. The number of carbonyl (C=O) groups is 1. The zero-order chi connectivity index (χ0) is 26.7. The first-order valence-electron chi connectivity index (χ1n) is 12.6. The van der Waals surface area contributed by atoms with Crippen LogP contribution >= 0.6 is 0 Å². The van der Waals surface area contributed by atoms with Gasteiger partial charge in [0.2, 0.25) is 12.5 Å². The van der Waals surface area contributed by atoms with E-state index in [1.807, 2.05) is 47.1 Å². The van der Waals surface area contributed by atoms with Crippen LogP contribution in [0.15, 0.2) is 60.8 Å². The molecule has 39 heavy (non-hydrogen) atoms. The second kappa shape index (κ2) is 8.93. The molecule has 0 spiro atoms. The van der Waals surface area contributed by atoms with Gasteiger partial charge in [-0.05, 0) is 41.0 Å². The molecule has 1 saturated heterocycles. The molecule has 0 saturated carbocycles. The van der Waals surface area contributed by atoms with Crippen LogP contribution in [0.2, 0.25) is 0 Å². The van der Waals surface area contributed by atoms with Crippen LogP contribution < -0.4 is 18.9 Å². The SMILES string of the molecule is COc1cc([C@@H]2c3cc4c(cc3[C@@H](n3nncc3-c3ccccc3)[C@H]3COC(=O)[C@H]23)OCO4)cc(OC)c1O. The fourth-order valence-corrected chi connectivity index (χ4v) is 6.20. The first-order chi connectivity index (χ1) is 19.1. The molecule has 2 aliphatic heterocycles. The number of fused-ring (bicyclic) bond motifs is 3. The molecule has 3 aromatic carbocycles. The van der Waals surface area contributed by atoms with E-state index in [-0.39, 0.29) is 48.6 Å². The molecule has 1 aromatic heterocycles. The highest BCUT2D eigenvalue weighted by atomic mass is 16.7. The number of phenols is 1. The third-order valence-corrected chi connectivity index (χ3v) is 7.92. The number of aromatic nitrogens is 3. The number of rotatable bonds is 5. The number of hydrogen-bond donors (Lipinski definition) is 1. The van der Waals surface area contributed by atoms with E-state index in [0.717, 1.165) is 27.9 Å². The second-order valence-corrected chi connectivity index (χ2v) is 9.78. The summed E-state index contributed by atoms with van der Waals surface area (Å²) in [5.41, 5.74) is 4.33. The Morgan fingerprint density at radius 1 is 0.949 bits per heavy atom. The number of benzene rings is 3. The molecule has 10 heteroatoms. The van der Waals surface area contributed by atoms with Crippen molar-refractivity contribution in [3.05, 3.63) is 77.5 Å². The van der Waals surface area contributed by atoms with Crippen molar-refractivity contribution in [3.8, 4) is 40.0 Å². The quantitative estimate of drug-likeness (QED) is 0.386. The number of methoxy groups -OCH3 is 2. The molecule has 1 aliphatic carbocycles. The summed E-state index contributed by atoms with van der Waals surface area (Å²) < 4.78 is 30.0. The smallest absolute Gasteiger partial charge is 0.310 e. The van der Waals surface area contributed by atoms with Gasteiger partial charge in [0.05, 0.1) is 44.7 Å². The molecule has 3 heterocycles. The van der Waals surface area contributed by atoms with E-state index in [1.165, 1.54) is 14.2 Å². The highest BCUT2D eigenvalue weighted by molar-refractivity contribution is 5.79. The standard InChI is InChI=1S/C29H25N3O7/c1-35-23-8-16(9-24(36-2)28(23)33)25-17-10-21-22(39-14-38-21)11-18(17)27(19-13-37-29(34)26(19)25)32-20(12-30-31-32)15-6-4-3-5-7-15/h3-12,19,25-27,33H,13-14H2,1-2H3/t19-,25+,26-,27+/m0/s1. The molecule has 7 rings (SSSR count). The van der Waals surface area contributed by atoms with Crippen LogP contribution in [0.4, 0.5) is 0 Å². The first-order valence-corrected chi connectivity index (χ1v) is 12.6. The Hall–Kier alpha value is -4.73. The van der Waals surface area contributed by atoms with Crippen molar-refractivity contribution in [2.75, 3.05) is 27.6 Å². The lowest BCUT2D eigenvalue weighted by Gasteiger charge is -2.39. The minimum atomic E-state index is -0.547. The van der Waals surface area contributed by atoms with Crippen molar-refractivity contribution < 1.29 is 33.6 Å². The van der Waals surface area contributed by atoms with Crippen molar-refractivity contribution in [3.63, 3.8) is 0 Å². The normalized spacial score (nSPS) is 22.7. The van der Waals surface area contributed by atoms with Gasteiger partial charge in [0, 0.05) is 17.4 Å². The number of esters is 1. The maximum Gasteiger partial charge on any atom is 0.310 e. The summed E-state index contributed by atoms with van der Waals surface area (Å²) in [6, 6.07) is 16.9. The molecule has 4 aromatic rings. The Balaban J connectivity index is 1.48. The predicted molar refractivity (Wildman–Crippen MR) is 137 cm³/mol. The molecule has 0 amide bonds. The average molecular weight is 528 g/mol. The van der Waals surface area contributed by atoms with Crippen molar-refractivity contribution in [1.29, 1.82) is 0 Å². The summed E-state index contributed by atoms with van der Waals surface area (Å²) in [6.45, 7) is 0.334. The molecule has 0 unspecified atom stereocenters. The number of cyclic esters (lactones) is 1. The van der Waals surface area contributed by atoms with Crippen LogP contribution in [0.1, 0.15) is 28.7 Å². The van der Waals surface area contributed by atoms with E-state index >= 15 is 0 Å². The maximum atomic E-state index is 13.4. The summed E-state index contributed by atoms with van der Waals surface area (Å²) >= 11 is 0. The van der Waals surface area contributed by atoms with Crippen molar-refractivity contribution >= 4 is 5.97 Å². The zero-order valence-corrected chi connectivity index (χ0v) is 21.2. The summed E-state index contributed by atoms with van der Waals surface area (Å²) in [4.78, 5) is 13.4. The largest absolute Gasteiger partial charge is 0.502 e. The summed E-state index contributed by atoms with van der Waals surface area (Å²) in [5, 5.41) is 19.4. The van der Waals surface area contributed by atoms with E-state index in [9.17, 15) is 9.90 Å². The van der Waals surface area contributed by atoms with Crippen molar-refractivity contribution in [2.45, 2.75) is 12.0 Å². The number of ether oxygens (including phenoxy) is 5. The van der Waals surface area contributed by atoms with Gasteiger partial charge in [-0.15, -0.1) is 5.10 Å². The Bertz CT molecular complexity index is 1560. The van der Waals surface area contributed by atoms with Crippen LogP contribution in [-0.2, 0) is 9.53 Å². The third kappa shape index (κ3) is 3.51. The monoisotopic (exact) mass is 527 g/mol. The van der Waals surface area contributed by atoms with Crippen molar-refractivity contribution in [1.82, 2.24) is 15.0 Å². The predicted octanol–water partition coefficient (Wildman–Crippen LogP) is 3.92. The van der Waals surface area contributed by atoms with Crippen LogP contribution in [0.25, 0.3) is 11.3 Å². The lowest BCUT2D eigenvalue weighted by atomic mass is 9.65. The maximum absolute atomic E-state index is 13.4. The number of carbonyl (C=O) groups excluding carboxylic acids is 1. The zero-order valence-electron chi connectivity index (χ0n) is 21.2. The first kappa shape index (κ1) is 23.4. The van der Waals surface area contributed by atoms with Gasteiger partial charge in [0.15, 0.2) is 23.0 Å². The number of nitrogens with zero attached hydrogens (tertiary/aromatic N) is 3. The van der Waals surface area contributed by atoms with Crippen LogP contribution in [0, 0.1) is 11.8 Å². The molecule has 198 valence electrons. The fourth-order valence-electron chi connectivity index (χ4n) is 6.20. The van der Waals surface area contributed by atoms with Crippen LogP contribution in [-0.4, -0.2) is 53.7 Å². The van der Waals surface area contributed by atoms with Crippen molar-refractivity contribution in [2.24, 2.45) is 11.8 Å². The molecule has 0 bridgehead atoms. The Morgan fingerprint density at radius 3 is 2.33 bits per heavy atom. The lowest BCUT2D eigenvalue weighted by Crippen LogP contribution is -2.38. The van der Waals surface area contributed by atoms with Gasteiger partial charge in [-0.1, -0.05) is 35.5 Å². The molecular formula is C29H25N3O7. The fraction of sp³-hybridized carbons (Fsp3) is 0.276. The van der Waals surface area contributed by atoms with Gasteiger partial charge in [-0.2, -0.15) is 0 Å². The van der Waals surface area contributed by atoms with Gasteiger partial charge in [0.1, 0.15) is 0 Å². The molecule has 3 aliphatic rings. The Kier molecular flexibility index (Phi) is 5.36. The van der Waals surface area contributed by atoms with Gasteiger partial charge >= 0.3 is 5.97 Å². The molecule has 1 N–H and O–H groups in total. The minimum absolute atomic E-state index is 0.107. The number of hydrogen-bond acceptors (Lipinski definition) is 9. The van der Waals surface area contributed by atoms with Crippen LogP contribution in [0.5, 0.6) is 28.7 Å². The second-order valence-electron chi connectivity index (χ2n) is 9.78. The highest BCUT2D eigenvalue weighted by Gasteiger charge is 2.54. The topological polar surface area (TPSA) is 114 Å². The molecule has 4 atom stereocenters. The van der Waals surface area contributed by atoms with E-state index in [4.69, 9.17) is 23.7 Å². The van der Waals surface area contributed by atoms with E-state index in [0.29, 0.717) is 11.5 Å². The van der Waals surface area contributed by atoms with Gasteiger partial charge < -0.3 is 28.8 Å². The Morgan fingerprint density at radius 2 is 1.64 bits per heavy atom. The Labute approximate surface area is 223 Å². The van der Waals surface area contributed by atoms with E-state index < -0.39 is 11.8 Å². The molecule has 10 nitrogen and oxygen atoms in total. The molecule has 0 radical (unpaired) electrons. The van der Waals surface area contributed by atoms with Gasteiger partial charge in [-0.25, -0.2) is 4.68 Å². The lowest BCUT2D eigenvalue weighted by molar-refractivity contribution is -0.141. The van der Waals surface area contributed by atoms with Gasteiger partial charge in [-0.3, -0.25) is 4.79 Å². The number of phenolic OH excluding ortho intramolecular Hbond substituents is 1. The summed E-state index contributed by atoms with van der Waals surface area (Å²) in [6.07, 6.45) is 1.73.